The lowest BCUT2D eigenvalue weighted by atomic mass is 9.65. The second-order valence-corrected chi connectivity index (χ2v) is 4.37. The first-order chi connectivity index (χ1) is 6.14. The molecule has 2 rings (SSSR count). The Labute approximate surface area is 79.5 Å². The van der Waals surface area contributed by atoms with Gasteiger partial charge in [-0.15, -0.1) is 0 Å². The van der Waals surface area contributed by atoms with Crippen LogP contribution in [0.15, 0.2) is 23.8 Å². The predicted octanol–water partition coefficient (Wildman–Crippen LogP) is 2.88. The fourth-order valence-corrected chi connectivity index (χ4v) is 2.45. The van der Waals surface area contributed by atoms with Gasteiger partial charge in [-0.25, -0.2) is 0 Å². The number of fused-ring (bicyclic) bond motifs is 1. The molecule has 0 N–H and O–H groups in total. The number of rotatable bonds is 0. The topological polar surface area (TPSA) is 17.1 Å². The number of Topliss-reactive ketones (excluding diaryl/α,β-unsaturated/α-hetero) is 1. The number of allylic oxidation sites excluding steroid dienone is 4. The van der Waals surface area contributed by atoms with Gasteiger partial charge in [-0.2, -0.15) is 0 Å². The molecule has 1 fully saturated rings. The Hall–Kier alpha value is -0.850. The van der Waals surface area contributed by atoms with Gasteiger partial charge in [-0.3, -0.25) is 4.79 Å². The second-order valence-electron chi connectivity index (χ2n) is 4.37. The summed E-state index contributed by atoms with van der Waals surface area (Å²) in [4.78, 5) is 12.0. The molecule has 1 nitrogen and oxygen atoms in total. The van der Waals surface area contributed by atoms with Crippen molar-refractivity contribution in [2.45, 2.75) is 33.1 Å². The van der Waals surface area contributed by atoms with Gasteiger partial charge in [0, 0.05) is 5.92 Å². The highest BCUT2D eigenvalue weighted by atomic mass is 16.1. The van der Waals surface area contributed by atoms with Gasteiger partial charge < -0.3 is 0 Å². The highest BCUT2D eigenvalue weighted by Crippen LogP contribution is 2.43. The van der Waals surface area contributed by atoms with Crippen LogP contribution in [0.3, 0.4) is 0 Å². The normalized spacial score (nSPS) is 38.5. The fraction of sp³-hybridized carbons (Fsp3) is 0.583. The monoisotopic (exact) mass is 176 g/mol. The number of hydrogen-bond donors (Lipinski definition) is 0. The lowest BCUT2D eigenvalue weighted by molar-refractivity contribution is -0.129. The molecule has 0 saturated heterocycles. The zero-order chi connectivity index (χ0) is 9.47. The Morgan fingerprint density at radius 2 is 2.31 bits per heavy atom. The van der Waals surface area contributed by atoms with E-state index in [2.05, 4.69) is 25.2 Å². The van der Waals surface area contributed by atoms with E-state index in [0.29, 0.717) is 5.78 Å². The van der Waals surface area contributed by atoms with Gasteiger partial charge in [0.1, 0.15) is 5.78 Å². The van der Waals surface area contributed by atoms with Crippen LogP contribution < -0.4 is 0 Å². The van der Waals surface area contributed by atoms with Gasteiger partial charge in [0.15, 0.2) is 0 Å². The van der Waals surface area contributed by atoms with Crippen molar-refractivity contribution in [3.63, 3.8) is 0 Å². The van der Waals surface area contributed by atoms with Crippen LogP contribution in [0.4, 0.5) is 0 Å². The Balaban J connectivity index is 2.39. The van der Waals surface area contributed by atoms with E-state index in [1.165, 1.54) is 5.57 Å². The number of ketones is 1. The van der Waals surface area contributed by atoms with E-state index in [1.54, 1.807) is 0 Å². The molecular formula is C12H16O. The third-order valence-electron chi connectivity index (χ3n) is 3.42. The van der Waals surface area contributed by atoms with E-state index in [0.717, 1.165) is 19.3 Å². The van der Waals surface area contributed by atoms with Crippen LogP contribution in [0, 0.1) is 11.3 Å². The Bertz CT molecular complexity index is 298. The summed E-state index contributed by atoms with van der Waals surface area (Å²) in [7, 11) is 0. The molecule has 0 bridgehead atoms. The minimum absolute atomic E-state index is 0.241. The summed E-state index contributed by atoms with van der Waals surface area (Å²) in [6.07, 6.45) is 9.58. The maximum atomic E-state index is 12.0. The van der Waals surface area contributed by atoms with E-state index >= 15 is 0 Å². The van der Waals surface area contributed by atoms with Gasteiger partial charge >= 0.3 is 0 Å². The first-order valence-corrected chi connectivity index (χ1v) is 5.06. The smallest absolute Gasteiger partial charge is 0.149 e. The summed E-state index contributed by atoms with van der Waals surface area (Å²) in [5.41, 5.74) is 1.09. The van der Waals surface area contributed by atoms with Crippen molar-refractivity contribution in [3.8, 4) is 0 Å². The third kappa shape index (κ3) is 1.18. The van der Waals surface area contributed by atoms with Crippen LogP contribution in [0.2, 0.25) is 0 Å². The summed E-state index contributed by atoms with van der Waals surface area (Å²) in [5.74, 6) is 0.644. The van der Waals surface area contributed by atoms with Crippen molar-refractivity contribution >= 4 is 5.78 Å². The molecule has 0 amide bonds. The average molecular weight is 176 g/mol. The van der Waals surface area contributed by atoms with Crippen LogP contribution in [0.5, 0.6) is 0 Å². The molecule has 1 heteroatoms. The average Bonchev–Trinajstić information content (AvgIpc) is 2.13. The summed E-state index contributed by atoms with van der Waals surface area (Å²) in [5, 5.41) is 0. The molecule has 0 aromatic carbocycles. The molecule has 1 saturated carbocycles. The molecule has 2 atom stereocenters. The molecule has 2 aliphatic rings. The lowest BCUT2D eigenvalue weighted by Gasteiger charge is -2.37. The second kappa shape index (κ2) is 2.83. The van der Waals surface area contributed by atoms with Crippen molar-refractivity contribution < 1.29 is 4.79 Å². The third-order valence-corrected chi connectivity index (χ3v) is 3.42. The minimum Gasteiger partial charge on any atom is -0.298 e. The van der Waals surface area contributed by atoms with Crippen molar-refractivity contribution in [1.82, 2.24) is 0 Å². The quantitative estimate of drug-likeness (QED) is 0.519. The molecule has 0 spiro atoms. The van der Waals surface area contributed by atoms with E-state index in [1.807, 2.05) is 6.92 Å². The van der Waals surface area contributed by atoms with Gasteiger partial charge in [0.05, 0.1) is 5.41 Å². The molecule has 70 valence electrons. The van der Waals surface area contributed by atoms with Gasteiger partial charge in [-0.1, -0.05) is 30.7 Å². The first-order valence-electron chi connectivity index (χ1n) is 5.06. The van der Waals surface area contributed by atoms with E-state index in [-0.39, 0.29) is 11.3 Å². The Morgan fingerprint density at radius 1 is 1.54 bits per heavy atom. The summed E-state index contributed by atoms with van der Waals surface area (Å²) < 4.78 is 0. The molecule has 0 aromatic heterocycles. The maximum Gasteiger partial charge on any atom is 0.149 e. The highest BCUT2D eigenvalue weighted by molar-refractivity contribution is 5.92. The number of hydrogen-bond acceptors (Lipinski definition) is 1. The molecule has 0 aromatic rings. The molecule has 0 heterocycles. The summed E-state index contributed by atoms with van der Waals surface area (Å²) in [6, 6.07) is 0. The van der Waals surface area contributed by atoms with Crippen LogP contribution in [0.1, 0.15) is 33.1 Å². The Morgan fingerprint density at radius 3 is 3.08 bits per heavy atom. The van der Waals surface area contributed by atoms with Gasteiger partial charge in [0.25, 0.3) is 0 Å². The van der Waals surface area contributed by atoms with E-state index in [9.17, 15) is 4.79 Å². The van der Waals surface area contributed by atoms with Crippen LogP contribution in [0.25, 0.3) is 0 Å². The first kappa shape index (κ1) is 8.74. The Kier molecular flexibility index (Phi) is 1.90. The summed E-state index contributed by atoms with van der Waals surface area (Å²) >= 11 is 0. The van der Waals surface area contributed by atoms with Crippen molar-refractivity contribution in [3.05, 3.63) is 23.8 Å². The number of carbonyl (C=O) groups is 1. The van der Waals surface area contributed by atoms with Crippen LogP contribution in [-0.4, -0.2) is 5.78 Å². The molecule has 2 aliphatic carbocycles. The van der Waals surface area contributed by atoms with E-state index < -0.39 is 0 Å². The van der Waals surface area contributed by atoms with Gasteiger partial charge in [0.2, 0.25) is 0 Å². The molecule has 13 heavy (non-hydrogen) atoms. The number of carbonyl (C=O) groups excluding carboxylic acids is 1. The lowest BCUT2D eigenvalue weighted by Crippen LogP contribution is -2.37. The standard InChI is InChI=1S/C12H16O/c1-9-6-7-10-5-3-4-8-12(10,2)11(9)13/h4-5,8-9H,3,6-7H2,1-2H3/t9?,12-/m0/s1. The minimum atomic E-state index is -0.254. The summed E-state index contributed by atoms with van der Waals surface area (Å²) in [6.45, 7) is 4.11. The molecule has 1 unspecified atom stereocenters. The van der Waals surface area contributed by atoms with Gasteiger partial charge in [-0.05, 0) is 26.2 Å². The predicted molar refractivity (Wildman–Crippen MR) is 53.4 cm³/mol. The van der Waals surface area contributed by atoms with E-state index in [4.69, 9.17) is 0 Å². The van der Waals surface area contributed by atoms with Crippen molar-refractivity contribution in [2.75, 3.05) is 0 Å². The molecular weight excluding hydrogens is 160 g/mol. The van der Waals surface area contributed by atoms with Crippen molar-refractivity contribution in [1.29, 1.82) is 0 Å². The van der Waals surface area contributed by atoms with Crippen LogP contribution >= 0.6 is 0 Å². The van der Waals surface area contributed by atoms with Crippen molar-refractivity contribution in [2.24, 2.45) is 11.3 Å². The fourth-order valence-electron chi connectivity index (χ4n) is 2.45. The maximum absolute atomic E-state index is 12.0. The molecule has 0 radical (unpaired) electrons. The highest BCUT2D eigenvalue weighted by Gasteiger charge is 2.41. The van der Waals surface area contributed by atoms with Crippen LogP contribution in [-0.2, 0) is 4.79 Å². The zero-order valence-corrected chi connectivity index (χ0v) is 8.34. The largest absolute Gasteiger partial charge is 0.298 e. The zero-order valence-electron chi connectivity index (χ0n) is 8.34. The SMILES string of the molecule is CC1CCC2=CCC=C[C@]2(C)C1=O. The molecule has 0 aliphatic heterocycles.